The van der Waals surface area contributed by atoms with Crippen molar-refractivity contribution >= 4 is 40.5 Å². The number of thiophene rings is 1. The second-order valence-corrected chi connectivity index (χ2v) is 6.29. The fraction of sp³-hybridized carbons (Fsp3) is 0.500. The number of rotatable bonds is 3. The van der Waals surface area contributed by atoms with Crippen molar-refractivity contribution in [3.05, 3.63) is 25.4 Å². The third kappa shape index (κ3) is 3.33. The number of hydrogen-bond donors (Lipinski definition) is 0. The zero-order chi connectivity index (χ0) is 15.6. The first-order valence-electron chi connectivity index (χ1n) is 6.25. The van der Waals surface area contributed by atoms with Crippen molar-refractivity contribution < 1.29 is 19.2 Å². The zero-order valence-electron chi connectivity index (χ0n) is 11.2. The maximum atomic E-state index is 12.3. The van der Waals surface area contributed by atoms with Gasteiger partial charge in [-0.3, -0.25) is 19.7 Å². The molecule has 1 fully saturated rings. The van der Waals surface area contributed by atoms with Gasteiger partial charge >= 0.3 is 5.97 Å². The largest absolute Gasteiger partial charge is 0.469 e. The van der Waals surface area contributed by atoms with Crippen LogP contribution < -0.4 is 0 Å². The Balaban J connectivity index is 2.14. The Hall–Kier alpha value is -1.67. The van der Waals surface area contributed by atoms with Gasteiger partial charge in [0.25, 0.3) is 11.6 Å². The number of nitro groups is 1. The van der Waals surface area contributed by atoms with Crippen molar-refractivity contribution in [3.63, 3.8) is 0 Å². The van der Waals surface area contributed by atoms with E-state index in [1.165, 1.54) is 18.1 Å². The number of esters is 1. The summed E-state index contributed by atoms with van der Waals surface area (Å²) in [5, 5.41) is 10.8. The number of ether oxygens (including phenoxy) is 1. The molecule has 0 radical (unpaired) electrons. The molecular weight excluding hydrogens is 320 g/mol. The summed E-state index contributed by atoms with van der Waals surface area (Å²) in [4.78, 5) is 35.7. The lowest BCUT2D eigenvalue weighted by Crippen LogP contribution is -2.42. The fourth-order valence-electron chi connectivity index (χ4n) is 2.27. The van der Waals surface area contributed by atoms with Gasteiger partial charge in [0.2, 0.25) is 0 Å². The van der Waals surface area contributed by atoms with Crippen LogP contribution in [0.5, 0.6) is 0 Å². The number of nitrogens with zero attached hydrogens (tertiary/aromatic N) is 2. The first-order chi connectivity index (χ1) is 9.93. The Morgan fingerprint density at radius 3 is 2.86 bits per heavy atom. The Morgan fingerprint density at radius 1 is 1.57 bits per heavy atom. The predicted molar refractivity (Wildman–Crippen MR) is 76.6 cm³/mol. The highest BCUT2D eigenvalue weighted by Crippen LogP contribution is 2.34. The lowest BCUT2D eigenvalue weighted by atomic mass is 9.98. The minimum atomic E-state index is -0.622. The molecule has 9 heteroatoms. The molecule has 1 aromatic heterocycles. The molecule has 114 valence electrons. The summed E-state index contributed by atoms with van der Waals surface area (Å²) >= 11 is 6.63. The first kappa shape index (κ1) is 15.7. The van der Waals surface area contributed by atoms with Crippen molar-refractivity contribution in [2.24, 2.45) is 5.92 Å². The molecule has 1 aromatic rings. The molecule has 1 amide bonds. The number of likely N-dealkylation sites (tertiary alicyclic amines) is 1. The Kier molecular flexibility index (Phi) is 4.79. The third-order valence-corrected chi connectivity index (χ3v) is 4.65. The van der Waals surface area contributed by atoms with Crippen molar-refractivity contribution in [2.75, 3.05) is 20.2 Å². The van der Waals surface area contributed by atoms with Gasteiger partial charge in [0.15, 0.2) is 4.34 Å². The van der Waals surface area contributed by atoms with Crippen LogP contribution in [-0.2, 0) is 9.53 Å². The van der Waals surface area contributed by atoms with E-state index in [0.29, 0.717) is 19.4 Å². The van der Waals surface area contributed by atoms with Crippen molar-refractivity contribution in [3.8, 4) is 0 Å². The van der Waals surface area contributed by atoms with Crippen LogP contribution in [0.4, 0.5) is 5.69 Å². The van der Waals surface area contributed by atoms with Crippen LogP contribution >= 0.6 is 22.9 Å². The highest BCUT2D eigenvalue weighted by molar-refractivity contribution is 7.18. The Labute approximate surface area is 129 Å². The van der Waals surface area contributed by atoms with E-state index in [9.17, 15) is 19.7 Å². The standard InChI is InChI=1S/C12H13ClN2O5S/c1-20-12(17)7-3-2-4-14(6-7)11(16)9-5-8(15(18)19)10(13)21-9/h5,7H,2-4,6H2,1H3. The molecule has 0 saturated carbocycles. The molecule has 0 spiro atoms. The molecule has 2 heterocycles. The quantitative estimate of drug-likeness (QED) is 0.481. The van der Waals surface area contributed by atoms with Crippen LogP contribution in [0.3, 0.4) is 0 Å². The summed E-state index contributed by atoms with van der Waals surface area (Å²) in [6, 6.07) is 1.18. The number of carbonyl (C=O) groups is 2. The molecular formula is C12H13ClN2O5S. The van der Waals surface area contributed by atoms with E-state index >= 15 is 0 Å². The smallest absolute Gasteiger partial charge is 0.310 e. The summed E-state index contributed by atoms with van der Waals surface area (Å²) in [7, 11) is 1.31. The fourth-order valence-corrected chi connectivity index (χ4v) is 3.46. The van der Waals surface area contributed by atoms with Crippen LogP contribution in [0.15, 0.2) is 6.07 Å². The minimum Gasteiger partial charge on any atom is -0.469 e. The van der Waals surface area contributed by atoms with E-state index in [4.69, 9.17) is 16.3 Å². The lowest BCUT2D eigenvalue weighted by Gasteiger charge is -2.30. The topological polar surface area (TPSA) is 89.8 Å². The van der Waals surface area contributed by atoms with Crippen LogP contribution in [0, 0.1) is 16.0 Å². The highest BCUT2D eigenvalue weighted by Gasteiger charge is 2.31. The Bertz CT molecular complexity index is 588. The average Bonchev–Trinajstić information content (AvgIpc) is 2.88. The molecule has 0 bridgehead atoms. The van der Waals surface area contributed by atoms with Crippen LogP contribution in [0.2, 0.25) is 4.34 Å². The molecule has 0 aliphatic carbocycles. The summed E-state index contributed by atoms with van der Waals surface area (Å²) in [6.45, 7) is 0.768. The van der Waals surface area contributed by atoms with Gasteiger partial charge in [0, 0.05) is 19.2 Å². The van der Waals surface area contributed by atoms with Crippen molar-refractivity contribution in [2.45, 2.75) is 12.8 Å². The molecule has 0 aromatic carbocycles. The number of carbonyl (C=O) groups excluding carboxylic acids is 2. The van der Waals surface area contributed by atoms with Crippen molar-refractivity contribution in [1.82, 2.24) is 4.90 Å². The van der Waals surface area contributed by atoms with Gasteiger partial charge in [-0.1, -0.05) is 11.6 Å². The predicted octanol–water partition coefficient (Wildman–Crippen LogP) is 2.33. The van der Waals surface area contributed by atoms with E-state index in [-0.39, 0.29) is 39.2 Å². The van der Waals surface area contributed by atoms with Gasteiger partial charge in [-0.25, -0.2) is 0 Å². The number of piperidine rings is 1. The summed E-state index contributed by atoms with van der Waals surface area (Å²) in [6.07, 6.45) is 1.36. The van der Waals surface area contributed by atoms with Crippen LogP contribution in [-0.4, -0.2) is 41.9 Å². The second kappa shape index (κ2) is 6.40. The highest BCUT2D eigenvalue weighted by atomic mass is 35.5. The van der Waals surface area contributed by atoms with Crippen LogP contribution in [0.1, 0.15) is 22.5 Å². The maximum Gasteiger partial charge on any atom is 0.310 e. The molecule has 1 atom stereocenters. The third-order valence-electron chi connectivity index (χ3n) is 3.32. The van der Waals surface area contributed by atoms with E-state index in [2.05, 4.69) is 0 Å². The summed E-state index contributed by atoms with van der Waals surface area (Å²) < 4.78 is 4.67. The summed E-state index contributed by atoms with van der Waals surface area (Å²) in [5.74, 6) is -1.04. The molecule has 0 N–H and O–H groups in total. The van der Waals surface area contributed by atoms with Gasteiger partial charge in [0.05, 0.1) is 18.0 Å². The van der Waals surface area contributed by atoms with Gasteiger partial charge in [-0.15, -0.1) is 11.3 Å². The Morgan fingerprint density at radius 2 is 2.29 bits per heavy atom. The molecule has 1 aliphatic rings. The van der Waals surface area contributed by atoms with Gasteiger partial charge in [0.1, 0.15) is 4.88 Å². The van der Waals surface area contributed by atoms with Gasteiger partial charge < -0.3 is 9.64 Å². The molecule has 1 unspecified atom stereocenters. The minimum absolute atomic E-state index is 0.0233. The number of methoxy groups -OCH3 is 1. The maximum absolute atomic E-state index is 12.3. The molecule has 21 heavy (non-hydrogen) atoms. The number of amides is 1. The molecule has 2 rings (SSSR count). The van der Waals surface area contributed by atoms with Gasteiger partial charge in [-0.2, -0.15) is 0 Å². The molecule has 1 aliphatic heterocycles. The first-order valence-corrected chi connectivity index (χ1v) is 7.44. The number of hydrogen-bond acceptors (Lipinski definition) is 6. The molecule has 7 nitrogen and oxygen atoms in total. The van der Waals surface area contributed by atoms with Crippen LogP contribution in [0.25, 0.3) is 0 Å². The van der Waals surface area contributed by atoms with Crippen molar-refractivity contribution in [1.29, 1.82) is 0 Å². The lowest BCUT2D eigenvalue weighted by molar-refractivity contribution is -0.384. The van der Waals surface area contributed by atoms with E-state index in [1.54, 1.807) is 0 Å². The summed E-state index contributed by atoms with van der Waals surface area (Å²) in [5.41, 5.74) is -0.272. The SMILES string of the molecule is COC(=O)C1CCCN(C(=O)c2cc([N+](=O)[O-])c(Cl)s2)C1. The van der Waals surface area contributed by atoms with E-state index in [0.717, 1.165) is 11.3 Å². The number of halogens is 1. The van der Waals surface area contributed by atoms with Gasteiger partial charge in [-0.05, 0) is 12.8 Å². The average molecular weight is 333 g/mol. The monoisotopic (exact) mass is 332 g/mol. The second-order valence-electron chi connectivity index (χ2n) is 4.64. The zero-order valence-corrected chi connectivity index (χ0v) is 12.8. The molecule has 1 saturated heterocycles. The van der Waals surface area contributed by atoms with E-state index in [1.807, 2.05) is 0 Å². The van der Waals surface area contributed by atoms with E-state index < -0.39 is 4.92 Å². The normalized spacial score (nSPS) is 18.4.